The van der Waals surface area contributed by atoms with Gasteiger partial charge in [-0.05, 0) is 24.2 Å². The van der Waals surface area contributed by atoms with Crippen molar-refractivity contribution < 1.29 is 17.5 Å². The van der Waals surface area contributed by atoms with Crippen molar-refractivity contribution in [1.29, 1.82) is 0 Å². The summed E-state index contributed by atoms with van der Waals surface area (Å²) in [6.45, 7) is 3.55. The fraction of sp³-hybridized carbons (Fsp3) is 0.500. The lowest BCUT2D eigenvalue weighted by Crippen LogP contribution is -2.28. The molecule has 1 aromatic carbocycles. The summed E-state index contributed by atoms with van der Waals surface area (Å²) in [6.07, 6.45) is 0. The third-order valence-corrected chi connectivity index (χ3v) is 3.96. The highest BCUT2D eigenvalue weighted by Crippen LogP contribution is 2.15. The molecule has 0 spiro atoms. The lowest BCUT2D eigenvalue weighted by molar-refractivity contribution is 0.204. The Morgan fingerprint density at radius 1 is 1.37 bits per heavy atom. The summed E-state index contributed by atoms with van der Waals surface area (Å²) in [6, 6.07) is 4.10. The molecule has 0 aliphatic carbocycles. The largest absolute Gasteiger partial charge is 0.383 e. The van der Waals surface area contributed by atoms with E-state index in [9.17, 15) is 12.8 Å². The van der Waals surface area contributed by atoms with E-state index in [-0.39, 0.29) is 18.0 Å². The Balaban J connectivity index is 2.83. The number of hydrogen-bond acceptors (Lipinski definition) is 4. The molecule has 5 nitrogen and oxygen atoms in total. The molecule has 7 heteroatoms. The van der Waals surface area contributed by atoms with E-state index in [1.807, 2.05) is 6.92 Å². The van der Waals surface area contributed by atoms with Crippen molar-refractivity contribution in [2.75, 3.05) is 26.8 Å². The zero-order valence-electron chi connectivity index (χ0n) is 11.1. The van der Waals surface area contributed by atoms with Gasteiger partial charge in [-0.15, -0.1) is 0 Å². The predicted molar refractivity (Wildman–Crippen MR) is 70.8 cm³/mol. The zero-order valence-corrected chi connectivity index (χ0v) is 11.9. The van der Waals surface area contributed by atoms with E-state index in [0.717, 1.165) is 6.54 Å². The molecule has 0 unspecified atom stereocenters. The summed E-state index contributed by atoms with van der Waals surface area (Å²) in [5, 5.41) is 3.04. The van der Waals surface area contributed by atoms with E-state index in [0.29, 0.717) is 12.1 Å². The molecular formula is C12H19FN2O3S. The summed E-state index contributed by atoms with van der Waals surface area (Å²) in [4.78, 5) is -0.344. The number of nitrogens with one attached hydrogen (secondary N) is 2. The second-order valence-corrected chi connectivity index (χ2v) is 5.67. The molecule has 0 aliphatic rings. The molecule has 1 rings (SSSR count). The minimum atomic E-state index is -3.83. The highest BCUT2D eigenvalue weighted by molar-refractivity contribution is 7.89. The Morgan fingerprint density at radius 2 is 2.11 bits per heavy atom. The quantitative estimate of drug-likeness (QED) is 0.697. The molecule has 0 saturated carbocycles. The van der Waals surface area contributed by atoms with Gasteiger partial charge in [-0.1, -0.05) is 13.0 Å². The molecule has 0 atom stereocenters. The average molecular weight is 290 g/mol. The van der Waals surface area contributed by atoms with Gasteiger partial charge in [-0.3, -0.25) is 0 Å². The molecule has 2 N–H and O–H groups in total. The van der Waals surface area contributed by atoms with Gasteiger partial charge < -0.3 is 10.1 Å². The van der Waals surface area contributed by atoms with Crippen LogP contribution in [0.5, 0.6) is 0 Å². The molecule has 0 amide bonds. The molecule has 19 heavy (non-hydrogen) atoms. The first kappa shape index (κ1) is 16.0. The van der Waals surface area contributed by atoms with Crippen LogP contribution in [0.3, 0.4) is 0 Å². The average Bonchev–Trinajstić information content (AvgIpc) is 2.36. The lowest BCUT2D eigenvalue weighted by atomic mass is 10.2. The van der Waals surface area contributed by atoms with Crippen LogP contribution < -0.4 is 10.0 Å². The molecule has 108 valence electrons. The maximum absolute atomic E-state index is 13.8. The van der Waals surface area contributed by atoms with Crippen LogP contribution in [0.25, 0.3) is 0 Å². The maximum atomic E-state index is 13.8. The molecule has 0 aromatic heterocycles. The SMILES string of the molecule is CCNCc1ccc(S(=O)(=O)NCCOC)c(F)c1. The Kier molecular flexibility index (Phi) is 6.36. The fourth-order valence-corrected chi connectivity index (χ4v) is 2.57. The van der Waals surface area contributed by atoms with Gasteiger partial charge >= 0.3 is 0 Å². The maximum Gasteiger partial charge on any atom is 0.243 e. The van der Waals surface area contributed by atoms with E-state index in [2.05, 4.69) is 10.0 Å². The number of rotatable bonds is 8. The zero-order chi connectivity index (χ0) is 14.3. The van der Waals surface area contributed by atoms with Gasteiger partial charge in [0.05, 0.1) is 6.61 Å². The van der Waals surface area contributed by atoms with Gasteiger partial charge in [-0.2, -0.15) is 0 Å². The number of hydrogen-bond donors (Lipinski definition) is 2. The second kappa shape index (κ2) is 7.54. The third kappa shape index (κ3) is 4.87. The second-order valence-electron chi connectivity index (χ2n) is 3.94. The molecule has 1 aromatic rings. The minimum absolute atomic E-state index is 0.109. The minimum Gasteiger partial charge on any atom is -0.383 e. The van der Waals surface area contributed by atoms with E-state index in [1.54, 1.807) is 6.07 Å². The summed E-state index contributed by atoms with van der Waals surface area (Å²) >= 11 is 0. The number of halogens is 1. The fourth-order valence-electron chi connectivity index (χ4n) is 1.50. The summed E-state index contributed by atoms with van der Waals surface area (Å²) in [5.74, 6) is -0.750. The van der Waals surface area contributed by atoms with Gasteiger partial charge in [0.2, 0.25) is 10.0 Å². The van der Waals surface area contributed by atoms with Crippen LogP contribution in [0.1, 0.15) is 12.5 Å². The van der Waals surface area contributed by atoms with Crippen molar-refractivity contribution >= 4 is 10.0 Å². The van der Waals surface area contributed by atoms with E-state index < -0.39 is 15.8 Å². The molecule has 0 radical (unpaired) electrons. The van der Waals surface area contributed by atoms with Crippen molar-refractivity contribution in [3.63, 3.8) is 0 Å². The number of ether oxygens (including phenoxy) is 1. The first-order chi connectivity index (χ1) is 9.01. The van der Waals surface area contributed by atoms with Gasteiger partial charge in [0.1, 0.15) is 10.7 Å². The summed E-state index contributed by atoms with van der Waals surface area (Å²) in [5.41, 5.74) is 0.704. The van der Waals surface area contributed by atoms with Crippen LogP contribution in [0.4, 0.5) is 4.39 Å². The molecular weight excluding hydrogens is 271 g/mol. The van der Waals surface area contributed by atoms with Crippen LogP contribution >= 0.6 is 0 Å². The van der Waals surface area contributed by atoms with Crippen LogP contribution in [-0.4, -0.2) is 35.2 Å². The van der Waals surface area contributed by atoms with Gasteiger partial charge in [0.15, 0.2) is 0 Å². The van der Waals surface area contributed by atoms with E-state index in [4.69, 9.17) is 4.74 Å². The number of sulfonamides is 1. The van der Waals surface area contributed by atoms with Crippen LogP contribution in [-0.2, 0) is 21.3 Å². The van der Waals surface area contributed by atoms with Crippen LogP contribution in [0.2, 0.25) is 0 Å². The topological polar surface area (TPSA) is 67.4 Å². The number of benzene rings is 1. The lowest BCUT2D eigenvalue weighted by Gasteiger charge is -2.09. The van der Waals surface area contributed by atoms with Gasteiger partial charge in [-0.25, -0.2) is 17.5 Å². The van der Waals surface area contributed by atoms with E-state index in [1.165, 1.54) is 19.2 Å². The normalized spacial score (nSPS) is 11.7. The van der Waals surface area contributed by atoms with Crippen molar-refractivity contribution in [2.24, 2.45) is 0 Å². The standard InChI is InChI=1S/C12H19FN2O3S/c1-3-14-9-10-4-5-12(11(13)8-10)19(16,17)15-6-7-18-2/h4-5,8,14-15H,3,6-7,9H2,1-2H3. The molecule has 0 heterocycles. The van der Waals surface area contributed by atoms with Crippen molar-refractivity contribution in [2.45, 2.75) is 18.4 Å². The third-order valence-electron chi connectivity index (χ3n) is 2.46. The highest BCUT2D eigenvalue weighted by atomic mass is 32.2. The molecule has 0 fully saturated rings. The first-order valence-electron chi connectivity index (χ1n) is 5.99. The van der Waals surface area contributed by atoms with Crippen LogP contribution in [0.15, 0.2) is 23.1 Å². The first-order valence-corrected chi connectivity index (χ1v) is 7.47. The summed E-state index contributed by atoms with van der Waals surface area (Å²) < 4.78 is 44.5. The Labute approximate surface area is 113 Å². The molecule has 0 saturated heterocycles. The van der Waals surface area contributed by atoms with Crippen molar-refractivity contribution in [3.05, 3.63) is 29.6 Å². The Bertz CT molecular complexity index is 506. The Morgan fingerprint density at radius 3 is 2.68 bits per heavy atom. The van der Waals surface area contributed by atoms with Crippen molar-refractivity contribution in [3.8, 4) is 0 Å². The van der Waals surface area contributed by atoms with Gasteiger partial charge in [0.25, 0.3) is 0 Å². The monoisotopic (exact) mass is 290 g/mol. The summed E-state index contributed by atoms with van der Waals surface area (Å²) in [7, 11) is -2.36. The van der Waals surface area contributed by atoms with Gasteiger partial charge in [0, 0.05) is 20.2 Å². The molecule has 0 bridgehead atoms. The van der Waals surface area contributed by atoms with Crippen LogP contribution in [0, 0.1) is 5.82 Å². The number of methoxy groups -OCH3 is 1. The van der Waals surface area contributed by atoms with Crippen molar-refractivity contribution in [1.82, 2.24) is 10.0 Å². The smallest absolute Gasteiger partial charge is 0.243 e. The highest BCUT2D eigenvalue weighted by Gasteiger charge is 2.18. The predicted octanol–water partition coefficient (Wildman–Crippen LogP) is 0.860. The molecule has 0 aliphatic heterocycles. The van der Waals surface area contributed by atoms with E-state index >= 15 is 0 Å². The Hall–Kier alpha value is -1.02.